The number of nitrogens with zero attached hydrogens (tertiary/aromatic N) is 1. The molecule has 164 valence electrons. The lowest BCUT2D eigenvalue weighted by molar-refractivity contribution is 0.0526. The van der Waals surface area contributed by atoms with E-state index in [1.807, 2.05) is 0 Å². The second-order valence-corrected chi connectivity index (χ2v) is 9.05. The van der Waals surface area contributed by atoms with Crippen molar-refractivity contribution in [2.24, 2.45) is 0 Å². The highest BCUT2D eigenvalue weighted by atomic mass is 32.2. The Balaban J connectivity index is 2.84. The molecule has 2 N–H and O–H groups in total. The summed E-state index contributed by atoms with van der Waals surface area (Å²) in [4.78, 5) is 23.9. The van der Waals surface area contributed by atoms with Gasteiger partial charge in [0.2, 0.25) is 10.0 Å². The number of methoxy groups -OCH3 is 1. The van der Waals surface area contributed by atoms with Crippen LogP contribution in [0.3, 0.4) is 0 Å². The Morgan fingerprint density at radius 2 is 1.66 bits per heavy atom. The molecule has 2 amide bonds. The highest BCUT2D eigenvalue weighted by Gasteiger charge is 2.26. The summed E-state index contributed by atoms with van der Waals surface area (Å²) in [6.45, 7) is 9.66. The van der Waals surface area contributed by atoms with Gasteiger partial charge in [-0.3, -0.25) is 4.79 Å². The summed E-state index contributed by atoms with van der Waals surface area (Å²) in [6.07, 6.45) is -0.580. The van der Waals surface area contributed by atoms with Crippen LogP contribution in [0.5, 0.6) is 5.75 Å². The molecule has 0 radical (unpaired) electrons. The maximum atomic E-state index is 12.9. The number of sulfonamides is 1. The first-order valence-electron chi connectivity index (χ1n) is 9.39. The molecule has 0 aromatic heterocycles. The predicted octanol–water partition coefficient (Wildman–Crippen LogP) is 1.98. The van der Waals surface area contributed by atoms with Gasteiger partial charge >= 0.3 is 6.09 Å². The van der Waals surface area contributed by atoms with Crippen molar-refractivity contribution in [3.05, 3.63) is 23.8 Å². The maximum absolute atomic E-state index is 12.9. The van der Waals surface area contributed by atoms with Crippen molar-refractivity contribution in [3.8, 4) is 5.75 Å². The minimum Gasteiger partial charge on any atom is -0.495 e. The molecule has 0 fully saturated rings. The lowest BCUT2D eigenvalue weighted by Crippen LogP contribution is -2.38. The second kappa shape index (κ2) is 10.4. The number of amides is 2. The molecule has 10 heteroatoms. The molecular weight excluding hydrogens is 398 g/mol. The molecule has 0 aliphatic heterocycles. The molecule has 0 heterocycles. The number of alkyl carbamates (subject to hydrolysis) is 1. The van der Waals surface area contributed by atoms with E-state index in [1.165, 1.54) is 29.6 Å². The number of nitrogens with one attached hydrogen (secondary N) is 2. The van der Waals surface area contributed by atoms with Crippen LogP contribution in [0.25, 0.3) is 0 Å². The number of hydrogen-bond donors (Lipinski definition) is 2. The third-order valence-electron chi connectivity index (χ3n) is 3.83. The lowest BCUT2D eigenvalue weighted by atomic mass is 10.2. The molecule has 9 nitrogen and oxygen atoms in total. The number of rotatable bonds is 9. The highest BCUT2D eigenvalue weighted by molar-refractivity contribution is 7.89. The van der Waals surface area contributed by atoms with Crippen molar-refractivity contribution in [2.75, 3.05) is 33.3 Å². The Morgan fingerprint density at radius 3 is 2.17 bits per heavy atom. The van der Waals surface area contributed by atoms with E-state index in [2.05, 4.69) is 10.6 Å². The van der Waals surface area contributed by atoms with Crippen LogP contribution >= 0.6 is 0 Å². The summed E-state index contributed by atoms with van der Waals surface area (Å²) >= 11 is 0. The number of carbonyl (C=O) groups is 2. The van der Waals surface area contributed by atoms with E-state index in [1.54, 1.807) is 34.6 Å². The van der Waals surface area contributed by atoms with E-state index < -0.39 is 27.6 Å². The summed E-state index contributed by atoms with van der Waals surface area (Å²) in [6, 6.07) is 4.23. The zero-order chi connectivity index (χ0) is 22.2. The van der Waals surface area contributed by atoms with Gasteiger partial charge in [0.25, 0.3) is 5.91 Å². The van der Waals surface area contributed by atoms with Gasteiger partial charge < -0.3 is 20.1 Å². The molecule has 29 heavy (non-hydrogen) atoms. The topological polar surface area (TPSA) is 114 Å². The van der Waals surface area contributed by atoms with Crippen LogP contribution in [0.4, 0.5) is 4.79 Å². The van der Waals surface area contributed by atoms with Gasteiger partial charge in [0.05, 0.1) is 7.11 Å². The van der Waals surface area contributed by atoms with E-state index in [4.69, 9.17) is 9.47 Å². The van der Waals surface area contributed by atoms with Crippen LogP contribution in [0, 0.1) is 0 Å². The van der Waals surface area contributed by atoms with Gasteiger partial charge in [0.1, 0.15) is 16.2 Å². The molecule has 1 aromatic rings. The second-order valence-electron chi connectivity index (χ2n) is 7.14. The van der Waals surface area contributed by atoms with Crippen molar-refractivity contribution in [3.63, 3.8) is 0 Å². The van der Waals surface area contributed by atoms with Crippen LogP contribution in [-0.2, 0) is 14.8 Å². The molecule has 0 unspecified atom stereocenters. The molecule has 1 rings (SSSR count). The van der Waals surface area contributed by atoms with Gasteiger partial charge in [-0.05, 0) is 39.0 Å². The molecule has 0 bridgehead atoms. The Labute approximate surface area is 172 Å². The van der Waals surface area contributed by atoms with Crippen molar-refractivity contribution in [2.45, 2.75) is 45.1 Å². The average Bonchev–Trinajstić information content (AvgIpc) is 2.63. The normalized spacial score (nSPS) is 11.8. The Hall–Kier alpha value is -2.33. The largest absolute Gasteiger partial charge is 0.495 e. The van der Waals surface area contributed by atoms with E-state index in [-0.39, 0.29) is 29.3 Å². The number of benzene rings is 1. The highest BCUT2D eigenvalue weighted by Crippen LogP contribution is 2.27. The first-order chi connectivity index (χ1) is 13.5. The van der Waals surface area contributed by atoms with Crippen LogP contribution in [0.15, 0.2) is 23.1 Å². The number of carbonyl (C=O) groups excluding carboxylic acids is 2. The SMILES string of the molecule is CCN(CC)S(=O)(=O)c1cc(C(=O)NCCNC(=O)OC(C)(C)C)ccc1OC. The molecule has 0 atom stereocenters. The van der Waals surface area contributed by atoms with Gasteiger partial charge in [-0.1, -0.05) is 13.8 Å². The van der Waals surface area contributed by atoms with Crippen molar-refractivity contribution in [1.82, 2.24) is 14.9 Å². The Bertz CT molecular complexity index is 814. The van der Waals surface area contributed by atoms with Crippen LogP contribution in [-0.4, -0.2) is 63.6 Å². The number of hydrogen-bond acceptors (Lipinski definition) is 6. The molecule has 0 saturated carbocycles. The van der Waals surface area contributed by atoms with Crippen LogP contribution in [0.2, 0.25) is 0 Å². The standard InChI is InChI=1S/C19H31N3O6S/c1-7-22(8-2)29(25,26)16-13-14(9-10-15(16)27-6)17(23)20-11-12-21-18(24)28-19(3,4)5/h9-10,13H,7-8,11-12H2,1-6H3,(H,20,23)(H,21,24). The third kappa shape index (κ3) is 7.21. The van der Waals surface area contributed by atoms with Gasteiger partial charge in [-0.25, -0.2) is 13.2 Å². The third-order valence-corrected chi connectivity index (χ3v) is 5.90. The summed E-state index contributed by atoms with van der Waals surface area (Å²) < 4.78 is 37.3. The molecule has 0 saturated heterocycles. The van der Waals surface area contributed by atoms with Crippen molar-refractivity contribution in [1.29, 1.82) is 0 Å². The van der Waals surface area contributed by atoms with E-state index >= 15 is 0 Å². The maximum Gasteiger partial charge on any atom is 0.407 e. The fraction of sp³-hybridized carbons (Fsp3) is 0.579. The molecule has 0 spiro atoms. The summed E-state index contributed by atoms with van der Waals surface area (Å²) in [5.74, 6) is -0.297. The van der Waals surface area contributed by atoms with Gasteiger partial charge in [0.15, 0.2) is 0 Å². The van der Waals surface area contributed by atoms with Crippen LogP contribution in [0.1, 0.15) is 45.0 Å². The van der Waals surface area contributed by atoms with E-state index in [9.17, 15) is 18.0 Å². The average molecular weight is 430 g/mol. The summed E-state index contributed by atoms with van der Waals surface area (Å²) in [7, 11) is -2.43. The van der Waals surface area contributed by atoms with Crippen molar-refractivity contribution < 1.29 is 27.5 Å². The van der Waals surface area contributed by atoms with Crippen molar-refractivity contribution >= 4 is 22.0 Å². The quantitative estimate of drug-likeness (QED) is 0.580. The zero-order valence-corrected chi connectivity index (χ0v) is 18.7. The van der Waals surface area contributed by atoms with Gasteiger partial charge in [-0.15, -0.1) is 0 Å². The summed E-state index contributed by atoms with van der Waals surface area (Å²) in [5.41, 5.74) is -0.433. The fourth-order valence-corrected chi connectivity index (χ4v) is 4.12. The number of ether oxygens (including phenoxy) is 2. The Kier molecular flexibility index (Phi) is 8.90. The van der Waals surface area contributed by atoms with Crippen LogP contribution < -0.4 is 15.4 Å². The molecule has 0 aliphatic carbocycles. The van der Waals surface area contributed by atoms with Gasteiger partial charge in [0, 0.05) is 31.7 Å². The molecule has 1 aromatic carbocycles. The zero-order valence-electron chi connectivity index (χ0n) is 17.9. The van der Waals surface area contributed by atoms with E-state index in [0.717, 1.165) is 0 Å². The summed E-state index contributed by atoms with van der Waals surface area (Å²) in [5, 5.41) is 5.16. The first-order valence-corrected chi connectivity index (χ1v) is 10.8. The minimum absolute atomic E-state index is 0.0665. The first kappa shape index (κ1) is 24.7. The predicted molar refractivity (Wildman–Crippen MR) is 110 cm³/mol. The smallest absolute Gasteiger partial charge is 0.407 e. The molecular formula is C19H31N3O6S. The lowest BCUT2D eigenvalue weighted by Gasteiger charge is -2.20. The van der Waals surface area contributed by atoms with Gasteiger partial charge in [-0.2, -0.15) is 4.31 Å². The van der Waals surface area contributed by atoms with E-state index in [0.29, 0.717) is 13.1 Å². The molecule has 0 aliphatic rings. The monoisotopic (exact) mass is 429 g/mol. The fourth-order valence-electron chi connectivity index (χ4n) is 2.48. The minimum atomic E-state index is -3.80. The Morgan fingerprint density at radius 1 is 1.07 bits per heavy atom.